The van der Waals surface area contributed by atoms with Crippen LogP contribution in [0.15, 0.2) is 24.3 Å². The number of Topliss-reactive ketones (excluding diaryl/α,β-unsaturated/α-hetero) is 2. The third-order valence-corrected chi connectivity index (χ3v) is 5.10. The molecule has 1 aromatic rings. The molecule has 1 aromatic carbocycles. The number of rotatable bonds is 2. The molecule has 3 rings (SSSR count). The second-order valence-electron chi connectivity index (χ2n) is 6.54. The molecule has 1 atom stereocenters. The van der Waals surface area contributed by atoms with Crippen LogP contribution in [0, 0.1) is 11.8 Å². The molecule has 0 aromatic heterocycles. The summed E-state index contributed by atoms with van der Waals surface area (Å²) in [5, 5.41) is 0. The summed E-state index contributed by atoms with van der Waals surface area (Å²) in [6.45, 7) is 2.42. The van der Waals surface area contributed by atoms with Crippen molar-refractivity contribution in [3.63, 3.8) is 0 Å². The van der Waals surface area contributed by atoms with Gasteiger partial charge in [-0.1, -0.05) is 31.2 Å². The van der Waals surface area contributed by atoms with E-state index in [1.165, 1.54) is 0 Å². The summed E-state index contributed by atoms with van der Waals surface area (Å²) in [4.78, 5) is 39.1. The Labute approximate surface area is 140 Å². The first-order chi connectivity index (χ1) is 11.0. The summed E-state index contributed by atoms with van der Waals surface area (Å²) in [5.74, 6) is -1.12. The number of nitrogens with zero attached hydrogens (tertiary/aromatic N) is 1. The summed E-state index contributed by atoms with van der Waals surface area (Å²) in [5.41, 5.74) is 2.02. The average molecular weight is 334 g/mol. The smallest absolute Gasteiger partial charge is 0.238 e. The Bertz CT molecular complexity index is 639. The molecule has 1 fully saturated rings. The lowest BCUT2D eigenvalue weighted by Gasteiger charge is -2.42. The zero-order chi connectivity index (χ0) is 16.6. The van der Waals surface area contributed by atoms with Crippen molar-refractivity contribution in [2.75, 3.05) is 12.4 Å². The number of ketones is 2. The van der Waals surface area contributed by atoms with E-state index >= 15 is 0 Å². The van der Waals surface area contributed by atoms with E-state index in [0.717, 1.165) is 17.5 Å². The monoisotopic (exact) mass is 333 g/mol. The molecule has 1 heterocycles. The quantitative estimate of drug-likeness (QED) is 0.617. The number of alkyl halides is 1. The Balaban J connectivity index is 2.05. The van der Waals surface area contributed by atoms with Crippen LogP contribution in [0.25, 0.3) is 0 Å². The van der Waals surface area contributed by atoms with Crippen LogP contribution in [0.2, 0.25) is 0 Å². The number of halogens is 1. The molecular formula is C18H20ClNO3. The lowest BCUT2D eigenvalue weighted by Crippen LogP contribution is -2.49. The van der Waals surface area contributed by atoms with E-state index in [9.17, 15) is 14.4 Å². The number of hydrogen-bond acceptors (Lipinski definition) is 3. The number of amides is 1. The predicted octanol–water partition coefficient (Wildman–Crippen LogP) is 2.54. The van der Waals surface area contributed by atoms with Gasteiger partial charge in [-0.25, -0.2) is 0 Å². The standard InChI is InChI=1S/C18H20ClNO3/c1-11-8-14(21)17(15(22)9-11)18-13-5-3-2-4-12(13)6-7-20(18)16(23)10-19/h2-5,11,17-18H,6-10H2,1H3/t11?,17?,18-/m1/s1. The molecule has 0 radical (unpaired) electrons. The molecule has 1 aliphatic carbocycles. The number of fused-ring (bicyclic) bond motifs is 1. The Morgan fingerprint density at radius 3 is 2.52 bits per heavy atom. The van der Waals surface area contributed by atoms with Gasteiger partial charge in [0.2, 0.25) is 5.91 Å². The van der Waals surface area contributed by atoms with Gasteiger partial charge < -0.3 is 4.90 Å². The summed E-state index contributed by atoms with van der Waals surface area (Å²) in [6.07, 6.45) is 1.52. The fraction of sp³-hybridized carbons (Fsp3) is 0.500. The summed E-state index contributed by atoms with van der Waals surface area (Å²) in [6, 6.07) is 7.26. The van der Waals surface area contributed by atoms with Gasteiger partial charge in [-0.15, -0.1) is 11.6 Å². The van der Waals surface area contributed by atoms with Crippen LogP contribution >= 0.6 is 11.6 Å². The van der Waals surface area contributed by atoms with E-state index in [2.05, 4.69) is 0 Å². The van der Waals surface area contributed by atoms with Crippen LogP contribution in [0.5, 0.6) is 0 Å². The van der Waals surface area contributed by atoms with Gasteiger partial charge in [0, 0.05) is 19.4 Å². The molecule has 0 saturated heterocycles. The van der Waals surface area contributed by atoms with Crippen molar-refractivity contribution >= 4 is 29.1 Å². The SMILES string of the molecule is CC1CC(=O)C([C@H]2c3ccccc3CCN2C(=O)CCl)C(=O)C1. The Morgan fingerprint density at radius 2 is 1.87 bits per heavy atom. The molecule has 0 spiro atoms. The van der Waals surface area contributed by atoms with Gasteiger partial charge >= 0.3 is 0 Å². The van der Waals surface area contributed by atoms with Crippen LogP contribution in [-0.4, -0.2) is 34.8 Å². The lowest BCUT2D eigenvalue weighted by atomic mass is 9.73. The molecule has 122 valence electrons. The van der Waals surface area contributed by atoms with E-state index in [-0.39, 0.29) is 29.3 Å². The van der Waals surface area contributed by atoms with Crippen LogP contribution in [0.4, 0.5) is 0 Å². The molecule has 0 bridgehead atoms. The van der Waals surface area contributed by atoms with Crippen molar-refractivity contribution in [3.8, 4) is 0 Å². The second-order valence-corrected chi connectivity index (χ2v) is 6.81. The first-order valence-corrected chi connectivity index (χ1v) is 8.55. The van der Waals surface area contributed by atoms with E-state index in [4.69, 9.17) is 11.6 Å². The topological polar surface area (TPSA) is 54.5 Å². The van der Waals surface area contributed by atoms with Gasteiger partial charge in [-0.2, -0.15) is 0 Å². The fourth-order valence-corrected chi connectivity index (χ4v) is 4.01. The van der Waals surface area contributed by atoms with Crippen molar-refractivity contribution in [2.45, 2.75) is 32.2 Å². The minimum absolute atomic E-state index is 0.0529. The van der Waals surface area contributed by atoms with Crippen molar-refractivity contribution in [2.24, 2.45) is 11.8 Å². The maximum absolute atomic E-state index is 12.6. The zero-order valence-corrected chi connectivity index (χ0v) is 13.9. The third-order valence-electron chi connectivity index (χ3n) is 4.88. The van der Waals surface area contributed by atoms with E-state index < -0.39 is 12.0 Å². The van der Waals surface area contributed by atoms with Crippen molar-refractivity contribution in [3.05, 3.63) is 35.4 Å². The number of carbonyl (C=O) groups is 3. The minimum Gasteiger partial charge on any atom is -0.333 e. The predicted molar refractivity (Wildman–Crippen MR) is 87.2 cm³/mol. The lowest BCUT2D eigenvalue weighted by molar-refractivity contribution is -0.144. The summed E-state index contributed by atoms with van der Waals surface area (Å²) < 4.78 is 0. The van der Waals surface area contributed by atoms with Gasteiger partial charge in [-0.05, 0) is 23.5 Å². The van der Waals surface area contributed by atoms with Crippen LogP contribution in [0.3, 0.4) is 0 Å². The zero-order valence-electron chi connectivity index (χ0n) is 13.1. The Kier molecular flexibility index (Phi) is 4.53. The van der Waals surface area contributed by atoms with Crippen LogP contribution < -0.4 is 0 Å². The van der Waals surface area contributed by atoms with E-state index in [1.54, 1.807) is 4.90 Å². The number of carbonyl (C=O) groups excluding carboxylic acids is 3. The largest absolute Gasteiger partial charge is 0.333 e. The molecule has 4 nitrogen and oxygen atoms in total. The van der Waals surface area contributed by atoms with Crippen molar-refractivity contribution < 1.29 is 14.4 Å². The number of hydrogen-bond donors (Lipinski definition) is 0. The van der Waals surface area contributed by atoms with Gasteiger partial charge in [0.25, 0.3) is 0 Å². The van der Waals surface area contributed by atoms with Crippen molar-refractivity contribution in [1.29, 1.82) is 0 Å². The summed E-state index contributed by atoms with van der Waals surface area (Å²) >= 11 is 5.75. The second kappa shape index (κ2) is 6.44. The van der Waals surface area contributed by atoms with Gasteiger partial charge in [0.1, 0.15) is 23.4 Å². The molecule has 1 saturated carbocycles. The molecular weight excluding hydrogens is 314 g/mol. The molecule has 5 heteroatoms. The van der Waals surface area contributed by atoms with Crippen molar-refractivity contribution in [1.82, 2.24) is 4.90 Å². The molecule has 1 aliphatic heterocycles. The number of benzene rings is 1. The Morgan fingerprint density at radius 1 is 1.22 bits per heavy atom. The molecule has 23 heavy (non-hydrogen) atoms. The normalized spacial score (nSPS) is 27.7. The highest BCUT2D eigenvalue weighted by atomic mass is 35.5. The van der Waals surface area contributed by atoms with Crippen LogP contribution in [-0.2, 0) is 20.8 Å². The first-order valence-electron chi connectivity index (χ1n) is 8.01. The highest BCUT2D eigenvalue weighted by Gasteiger charge is 2.45. The maximum atomic E-state index is 12.6. The molecule has 0 N–H and O–H groups in total. The fourth-order valence-electron chi connectivity index (χ4n) is 3.86. The van der Waals surface area contributed by atoms with Gasteiger partial charge in [-0.3, -0.25) is 14.4 Å². The van der Waals surface area contributed by atoms with E-state index in [1.807, 2.05) is 31.2 Å². The van der Waals surface area contributed by atoms with Crippen LogP contribution in [0.1, 0.15) is 36.9 Å². The highest BCUT2D eigenvalue weighted by Crippen LogP contribution is 2.40. The summed E-state index contributed by atoms with van der Waals surface area (Å²) in [7, 11) is 0. The van der Waals surface area contributed by atoms with E-state index in [0.29, 0.717) is 19.4 Å². The van der Waals surface area contributed by atoms with Gasteiger partial charge in [0.05, 0.1) is 6.04 Å². The first kappa shape index (κ1) is 16.2. The minimum atomic E-state index is -0.750. The molecule has 2 aliphatic rings. The van der Waals surface area contributed by atoms with Gasteiger partial charge in [0.15, 0.2) is 0 Å². The Hall–Kier alpha value is -1.68. The third kappa shape index (κ3) is 2.92. The molecule has 1 amide bonds. The highest BCUT2D eigenvalue weighted by molar-refractivity contribution is 6.27. The maximum Gasteiger partial charge on any atom is 0.238 e. The molecule has 0 unspecified atom stereocenters. The average Bonchev–Trinajstić information content (AvgIpc) is 2.53.